The van der Waals surface area contributed by atoms with Crippen LogP contribution in [0.2, 0.25) is 0 Å². The highest BCUT2D eigenvalue weighted by atomic mass is 32.2. The zero-order chi connectivity index (χ0) is 25.0. The molecule has 0 fully saturated rings. The number of hydrogen-bond acceptors (Lipinski definition) is 6. The maximum absolute atomic E-state index is 13.6. The van der Waals surface area contributed by atoms with Gasteiger partial charge in [0, 0.05) is 44.0 Å². The van der Waals surface area contributed by atoms with E-state index in [1.165, 1.54) is 4.31 Å². The Kier molecular flexibility index (Phi) is 8.17. The van der Waals surface area contributed by atoms with Gasteiger partial charge in [0.15, 0.2) is 0 Å². The van der Waals surface area contributed by atoms with Crippen molar-refractivity contribution >= 4 is 16.1 Å². The number of nitrogens with one attached hydrogen (secondary N) is 1. The zero-order valence-electron chi connectivity index (χ0n) is 20.3. The maximum Gasteiger partial charge on any atom is 0.317 e. The number of sulfonamides is 1. The van der Waals surface area contributed by atoms with E-state index in [9.17, 15) is 18.3 Å². The molecule has 3 rings (SSSR count). The van der Waals surface area contributed by atoms with E-state index in [-0.39, 0.29) is 48.3 Å². The Morgan fingerprint density at radius 3 is 2.53 bits per heavy atom. The van der Waals surface area contributed by atoms with Crippen molar-refractivity contribution in [2.45, 2.75) is 50.8 Å². The number of hydrogen-bond donors (Lipinski definition) is 2. The van der Waals surface area contributed by atoms with E-state index in [4.69, 9.17) is 4.74 Å². The summed E-state index contributed by atoms with van der Waals surface area (Å²) in [6.07, 6.45) is 2.86. The zero-order valence-corrected chi connectivity index (χ0v) is 21.1. The van der Waals surface area contributed by atoms with Gasteiger partial charge in [0.1, 0.15) is 16.7 Å². The lowest BCUT2D eigenvalue weighted by Crippen LogP contribution is -2.51. The fraction of sp³-hybridized carbons (Fsp3) is 0.500. The van der Waals surface area contributed by atoms with Gasteiger partial charge < -0.3 is 20.1 Å². The third-order valence-electron chi connectivity index (χ3n) is 5.89. The van der Waals surface area contributed by atoms with Gasteiger partial charge in [0.05, 0.1) is 13.2 Å². The molecule has 3 atom stereocenters. The average Bonchev–Trinajstić information content (AvgIpc) is 2.80. The highest BCUT2D eigenvalue weighted by Gasteiger charge is 2.38. The van der Waals surface area contributed by atoms with Crippen molar-refractivity contribution in [1.29, 1.82) is 0 Å². The van der Waals surface area contributed by atoms with Crippen LogP contribution in [0, 0.1) is 5.92 Å². The van der Waals surface area contributed by atoms with Crippen molar-refractivity contribution in [2.24, 2.45) is 5.92 Å². The van der Waals surface area contributed by atoms with Crippen LogP contribution in [0.25, 0.3) is 11.1 Å². The summed E-state index contributed by atoms with van der Waals surface area (Å²) in [5.41, 5.74) is 1.66. The number of nitrogens with zero attached hydrogens (tertiary/aromatic N) is 3. The molecule has 1 aromatic heterocycles. The lowest BCUT2D eigenvalue weighted by atomic mass is 10.0. The molecule has 0 saturated heterocycles. The lowest BCUT2D eigenvalue weighted by molar-refractivity contribution is 0.0810. The van der Waals surface area contributed by atoms with E-state index in [0.717, 1.165) is 11.1 Å². The van der Waals surface area contributed by atoms with Gasteiger partial charge in [-0.05, 0) is 56.2 Å². The number of aliphatic hydroxyl groups excluding tert-OH is 1. The van der Waals surface area contributed by atoms with Crippen LogP contribution in [-0.4, -0.2) is 78.7 Å². The molecule has 9 nitrogen and oxygen atoms in total. The summed E-state index contributed by atoms with van der Waals surface area (Å²) in [6, 6.07) is 7.81. The molecule has 2 aromatic rings. The first-order valence-electron chi connectivity index (χ1n) is 11.4. The Morgan fingerprint density at radius 2 is 1.91 bits per heavy atom. The van der Waals surface area contributed by atoms with Crippen LogP contribution < -0.4 is 10.1 Å². The molecule has 34 heavy (non-hydrogen) atoms. The van der Waals surface area contributed by atoms with Crippen molar-refractivity contribution in [3.8, 4) is 16.9 Å². The Labute approximate surface area is 201 Å². The number of pyridine rings is 1. The van der Waals surface area contributed by atoms with Gasteiger partial charge in [0.25, 0.3) is 0 Å². The molecule has 1 aromatic carbocycles. The Bertz CT molecular complexity index is 1090. The molecular formula is C24H34N4O5S. The van der Waals surface area contributed by atoms with Crippen LogP contribution in [0.3, 0.4) is 0 Å². The van der Waals surface area contributed by atoms with Crippen LogP contribution >= 0.6 is 0 Å². The van der Waals surface area contributed by atoms with Crippen LogP contribution in [0.15, 0.2) is 47.6 Å². The van der Waals surface area contributed by atoms with E-state index in [1.54, 1.807) is 49.5 Å². The van der Waals surface area contributed by atoms with Gasteiger partial charge in [-0.3, -0.25) is 4.98 Å². The summed E-state index contributed by atoms with van der Waals surface area (Å²) < 4.78 is 34.8. The number of carbonyl (C=O) groups is 1. The second-order valence-corrected chi connectivity index (χ2v) is 11.0. The Balaban J connectivity index is 2.06. The fourth-order valence-electron chi connectivity index (χ4n) is 3.88. The van der Waals surface area contributed by atoms with E-state index in [2.05, 4.69) is 10.3 Å². The number of likely N-dealkylation sites (N-methyl/N-ethyl adjacent to an activating group) is 1. The number of benzene rings is 1. The van der Waals surface area contributed by atoms with Crippen molar-refractivity contribution in [3.05, 3.63) is 42.7 Å². The van der Waals surface area contributed by atoms with Gasteiger partial charge in [-0.25, -0.2) is 13.2 Å². The predicted molar refractivity (Wildman–Crippen MR) is 130 cm³/mol. The number of ether oxygens (including phenoxy) is 1. The molecule has 1 aliphatic rings. The third kappa shape index (κ3) is 5.68. The molecule has 0 aliphatic carbocycles. The van der Waals surface area contributed by atoms with E-state index >= 15 is 0 Å². The number of aromatic nitrogens is 1. The van der Waals surface area contributed by atoms with E-state index in [0.29, 0.717) is 0 Å². The lowest BCUT2D eigenvalue weighted by Gasteiger charge is -2.37. The molecule has 0 bridgehead atoms. The third-order valence-corrected chi connectivity index (χ3v) is 7.91. The van der Waals surface area contributed by atoms with Crippen LogP contribution in [-0.2, 0) is 10.0 Å². The highest BCUT2D eigenvalue weighted by Crippen LogP contribution is 2.36. The normalized spacial score (nSPS) is 21.0. The van der Waals surface area contributed by atoms with Gasteiger partial charge >= 0.3 is 6.03 Å². The molecule has 0 saturated carbocycles. The summed E-state index contributed by atoms with van der Waals surface area (Å²) >= 11 is 0. The summed E-state index contributed by atoms with van der Waals surface area (Å²) in [6.45, 7) is 7.45. The first kappa shape index (κ1) is 25.9. The second kappa shape index (κ2) is 10.7. The molecule has 186 valence electrons. The van der Waals surface area contributed by atoms with Crippen molar-refractivity contribution in [1.82, 2.24) is 19.5 Å². The summed E-state index contributed by atoms with van der Waals surface area (Å²) in [5, 5.41) is 12.6. The quantitative estimate of drug-likeness (QED) is 0.644. The van der Waals surface area contributed by atoms with Crippen molar-refractivity contribution < 1.29 is 23.1 Å². The minimum atomic E-state index is -3.93. The molecule has 0 spiro atoms. The number of amides is 2. The minimum absolute atomic E-state index is 0.0136. The Hall–Kier alpha value is -2.69. The van der Waals surface area contributed by atoms with E-state index in [1.807, 2.05) is 32.9 Å². The molecule has 2 heterocycles. The predicted octanol–water partition coefficient (Wildman–Crippen LogP) is 2.57. The first-order chi connectivity index (χ1) is 16.0. The average molecular weight is 491 g/mol. The van der Waals surface area contributed by atoms with Crippen molar-refractivity contribution in [3.63, 3.8) is 0 Å². The topological polar surface area (TPSA) is 112 Å². The standard InChI is InChI=1S/C24H34N4O5S/c1-16(2)26-24(30)27(5)14-22-17(3)13-28(18(4)15-29)34(31,32)23-7-6-20(12-21(23)33-22)19-8-10-25-11-9-19/h6-12,16-18,22,29H,13-15H2,1-5H3,(H,26,30)/t17-,18-,22+/m1/s1. The molecule has 2 N–H and O–H groups in total. The van der Waals surface area contributed by atoms with Crippen LogP contribution in [0.5, 0.6) is 5.75 Å². The molecule has 0 unspecified atom stereocenters. The Morgan fingerprint density at radius 1 is 1.24 bits per heavy atom. The number of rotatable bonds is 6. The van der Waals surface area contributed by atoms with Gasteiger partial charge in [-0.2, -0.15) is 4.31 Å². The second-order valence-electron chi connectivity index (χ2n) is 9.12. The van der Waals surface area contributed by atoms with Gasteiger partial charge in [-0.15, -0.1) is 0 Å². The van der Waals surface area contributed by atoms with Crippen molar-refractivity contribution in [2.75, 3.05) is 26.7 Å². The number of urea groups is 1. The highest BCUT2D eigenvalue weighted by molar-refractivity contribution is 7.89. The summed E-state index contributed by atoms with van der Waals surface area (Å²) in [4.78, 5) is 18.1. The summed E-state index contributed by atoms with van der Waals surface area (Å²) in [5.74, 6) is -0.0329. The number of carbonyl (C=O) groups excluding carboxylic acids is 1. The maximum atomic E-state index is 13.6. The molecule has 10 heteroatoms. The molecule has 0 radical (unpaired) electrons. The van der Waals surface area contributed by atoms with Crippen LogP contribution in [0.1, 0.15) is 27.7 Å². The largest absolute Gasteiger partial charge is 0.487 e. The number of aliphatic hydroxyl groups is 1. The van der Waals surface area contributed by atoms with E-state index < -0.39 is 22.2 Å². The van der Waals surface area contributed by atoms with Gasteiger partial charge in [0.2, 0.25) is 10.0 Å². The number of fused-ring (bicyclic) bond motifs is 1. The smallest absolute Gasteiger partial charge is 0.317 e. The minimum Gasteiger partial charge on any atom is -0.487 e. The SMILES string of the molecule is CC(C)NC(=O)N(C)C[C@@H]1Oc2cc(-c3ccncc3)ccc2S(=O)(=O)N([C@H](C)CO)C[C@H]1C. The molecule has 2 amide bonds. The monoisotopic (exact) mass is 490 g/mol. The van der Waals surface area contributed by atoms with Crippen LogP contribution in [0.4, 0.5) is 4.79 Å². The fourth-order valence-corrected chi connectivity index (χ4v) is 5.70. The molecular weight excluding hydrogens is 456 g/mol. The summed E-state index contributed by atoms with van der Waals surface area (Å²) in [7, 11) is -2.24. The molecule has 1 aliphatic heterocycles. The first-order valence-corrected chi connectivity index (χ1v) is 12.8. The van der Waals surface area contributed by atoms with Gasteiger partial charge in [-0.1, -0.05) is 13.0 Å².